The molecule has 0 atom stereocenters. The molecule has 1 N–H and O–H groups in total. The monoisotopic (exact) mass is 464 g/mol. The van der Waals surface area contributed by atoms with Crippen molar-refractivity contribution in [2.24, 2.45) is 0 Å². The molecule has 2 aromatic carbocycles. The fraction of sp³-hybridized carbons (Fsp3) is 0.130. The molecule has 0 saturated carbocycles. The van der Waals surface area contributed by atoms with Crippen molar-refractivity contribution in [2.75, 3.05) is 6.54 Å². The van der Waals surface area contributed by atoms with Crippen molar-refractivity contribution in [3.8, 4) is 0 Å². The van der Waals surface area contributed by atoms with Crippen LogP contribution in [0.15, 0.2) is 66.9 Å². The van der Waals surface area contributed by atoms with Crippen LogP contribution in [0, 0.1) is 0 Å². The number of rotatable bonds is 6. The van der Waals surface area contributed by atoms with Crippen LogP contribution in [0.4, 0.5) is 0 Å². The lowest BCUT2D eigenvalue weighted by Gasteiger charge is -2.04. The lowest BCUT2D eigenvalue weighted by Crippen LogP contribution is -2.27. The van der Waals surface area contributed by atoms with E-state index in [4.69, 9.17) is 23.2 Å². The van der Waals surface area contributed by atoms with E-state index in [1.54, 1.807) is 16.8 Å². The van der Waals surface area contributed by atoms with Crippen LogP contribution in [0.5, 0.6) is 0 Å². The molecule has 7 nitrogen and oxygen atoms in total. The van der Waals surface area contributed by atoms with E-state index in [2.05, 4.69) is 20.6 Å². The Labute approximate surface area is 193 Å². The Hall–Kier alpha value is -3.42. The van der Waals surface area contributed by atoms with Gasteiger partial charge in [0.2, 0.25) is 0 Å². The first-order valence-corrected chi connectivity index (χ1v) is 10.8. The molecule has 0 spiro atoms. The molecule has 32 heavy (non-hydrogen) atoms. The highest BCUT2D eigenvalue weighted by molar-refractivity contribution is 6.31. The van der Waals surface area contributed by atoms with Gasteiger partial charge in [0.25, 0.3) is 5.91 Å². The lowest BCUT2D eigenvalue weighted by molar-refractivity contribution is 0.0949. The minimum absolute atomic E-state index is 0.263. The largest absolute Gasteiger partial charge is 0.350 e. The lowest BCUT2D eigenvalue weighted by atomic mass is 10.2. The summed E-state index contributed by atoms with van der Waals surface area (Å²) in [5.41, 5.74) is 2.97. The molecule has 9 heteroatoms. The predicted octanol–water partition coefficient (Wildman–Crippen LogP) is 4.41. The van der Waals surface area contributed by atoms with Crippen LogP contribution in [0.2, 0.25) is 10.0 Å². The van der Waals surface area contributed by atoms with Crippen LogP contribution < -0.4 is 5.32 Å². The summed E-state index contributed by atoms with van der Waals surface area (Å²) in [5, 5.41) is 17.8. The quantitative estimate of drug-likeness (QED) is 0.403. The van der Waals surface area contributed by atoms with Crippen LogP contribution in [0.3, 0.4) is 0 Å². The first kappa shape index (κ1) is 20.5. The fourth-order valence-corrected chi connectivity index (χ4v) is 3.93. The third kappa shape index (κ3) is 4.04. The Morgan fingerprint density at radius 3 is 2.62 bits per heavy atom. The topological polar surface area (TPSA) is 77.1 Å². The van der Waals surface area contributed by atoms with Gasteiger partial charge in [-0.15, -0.1) is 10.2 Å². The number of pyridine rings is 1. The zero-order valence-corrected chi connectivity index (χ0v) is 18.4. The Morgan fingerprint density at radius 1 is 0.969 bits per heavy atom. The van der Waals surface area contributed by atoms with Crippen molar-refractivity contribution in [1.29, 1.82) is 0 Å². The zero-order chi connectivity index (χ0) is 22.1. The normalized spacial score (nSPS) is 11.3. The van der Waals surface area contributed by atoms with Crippen molar-refractivity contribution in [3.63, 3.8) is 0 Å². The first-order valence-electron chi connectivity index (χ1n) is 10.1. The van der Waals surface area contributed by atoms with Gasteiger partial charge in [-0.05, 0) is 48.0 Å². The number of nitrogens with one attached hydrogen (secondary N) is 1. The molecule has 0 aliphatic rings. The smallest absolute Gasteiger partial charge is 0.272 e. The van der Waals surface area contributed by atoms with Gasteiger partial charge in [-0.3, -0.25) is 13.9 Å². The second kappa shape index (κ2) is 8.61. The summed E-state index contributed by atoms with van der Waals surface area (Å²) in [7, 11) is 0. The maximum absolute atomic E-state index is 13.0. The van der Waals surface area contributed by atoms with Gasteiger partial charge >= 0.3 is 0 Å². The van der Waals surface area contributed by atoms with Gasteiger partial charge in [-0.2, -0.15) is 5.10 Å². The second-order valence-corrected chi connectivity index (χ2v) is 8.22. The third-order valence-corrected chi connectivity index (χ3v) is 5.68. The van der Waals surface area contributed by atoms with Crippen LogP contribution in [-0.2, 0) is 13.0 Å². The summed E-state index contributed by atoms with van der Waals surface area (Å²) in [6.07, 6.45) is 2.45. The molecular formula is C23H18Cl2N6O. The van der Waals surface area contributed by atoms with Crippen LogP contribution in [0.25, 0.3) is 16.6 Å². The van der Waals surface area contributed by atoms with Crippen molar-refractivity contribution in [1.82, 2.24) is 29.7 Å². The summed E-state index contributed by atoms with van der Waals surface area (Å²) in [4.78, 5) is 13.0. The molecule has 0 aliphatic carbocycles. The van der Waals surface area contributed by atoms with Gasteiger partial charge in [0.1, 0.15) is 5.82 Å². The maximum Gasteiger partial charge on any atom is 0.272 e. The van der Waals surface area contributed by atoms with Crippen molar-refractivity contribution < 1.29 is 4.79 Å². The molecule has 0 bridgehead atoms. The van der Waals surface area contributed by atoms with E-state index < -0.39 is 0 Å². The average molecular weight is 465 g/mol. The number of aromatic nitrogens is 5. The van der Waals surface area contributed by atoms with Crippen molar-refractivity contribution >= 4 is 45.7 Å². The standard InChI is InChI=1S/C23H18Cl2N6O/c24-16-6-4-15(5-7-16)14-31-19-9-8-17(25)13-18(19)22(29-31)23(32)26-11-10-21-28-27-20-3-1-2-12-30(20)21/h1-9,12-13H,10-11,14H2,(H,26,32). The molecule has 0 fully saturated rings. The van der Waals surface area contributed by atoms with Gasteiger partial charge in [-0.25, -0.2) is 0 Å². The summed E-state index contributed by atoms with van der Waals surface area (Å²) >= 11 is 12.2. The summed E-state index contributed by atoms with van der Waals surface area (Å²) in [6.45, 7) is 0.912. The number of nitrogens with zero attached hydrogens (tertiary/aromatic N) is 5. The van der Waals surface area contributed by atoms with E-state index in [0.717, 1.165) is 22.6 Å². The van der Waals surface area contributed by atoms with Gasteiger partial charge in [-0.1, -0.05) is 41.4 Å². The molecule has 0 saturated heterocycles. The van der Waals surface area contributed by atoms with E-state index in [-0.39, 0.29) is 5.91 Å². The number of hydrogen-bond acceptors (Lipinski definition) is 4. The number of hydrogen-bond donors (Lipinski definition) is 1. The molecule has 3 aromatic heterocycles. The molecule has 160 valence electrons. The Morgan fingerprint density at radius 2 is 1.78 bits per heavy atom. The molecule has 5 aromatic rings. The first-order chi connectivity index (χ1) is 15.6. The highest BCUT2D eigenvalue weighted by Gasteiger charge is 2.18. The van der Waals surface area contributed by atoms with Crippen molar-refractivity contribution in [2.45, 2.75) is 13.0 Å². The molecule has 0 unspecified atom stereocenters. The Balaban J connectivity index is 1.37. The molecule has 0 radical (unpaired) electrons. The number of carbonyl (C=O) groups is 1. The molecule has 1 amide bonds. The number of carbonyl (C=O) groups excluding carboxylic acids is 1. The summed E-state index contributed by atoms with van der Waals surface area (Å²) in [5.74, 6) is 0.517. The molecule has 3 heterocycles. The van der Waals surface area contributed by atoms with Crippen LogP contribution in [0.1, 0.15) is 21.9 Å². The van der Waals surface area contributed by atoms with Crippen LogP contribution in [-0.4, -0.2) is 36.8 Å². The van der Waals surface area contributed by atoms with E-state index >= 15 is 0 Å². The summed E-state index contributed by atoms with van der Waals surface area (Å²) in [6, 6.07) is 18.7. The third-order valence-electron chi connectivity index (χ3n) is 5.19. The number of halogens is 2. The second-order valence-electron chi connectivity index (χ2n) is 7.35. The van der Waals surface area contributed by atoms with Gasteiger partial charge in [0, 0.05) is 34.6 Å². The van der Waals surface area contributed by atoms with Gasteiger partial charge < -0.3 is 5.32 Å². The van der Waals surface area contributed by atoms with E-state index in [0.29, 0.717) is 40.6 Å². The SMILES string of the molecule is O=C(NCCc1nnc2ccccn12)c1nn(Cc2ccc(Cl)cc2)c2ccc(Cl)cc12. The molecule has 0 aliphatic heterocycles. The maximum atomic E-state index is 13.0. The zero-order valence-electron chi connectivity index (χ0n) is 16.9. The highest BCUT2D eigenvalue weighted by Crippen LogP contribution is 2.24. The van der Waals surface area contributed by atoms with E-state index in [9.17, 15) is 4.79 Å². The highest BCUT2D eigenvalue weighted by atomic mass is 35.5. The summed E-state index contributed by atoms with van der Waals surface area (Å²) < 4.78 is 3.71. The van der Waals surface area contributed by atoms with Gasteiger partial charge in [0.15, 0.2) is 11.3 Å². The number of amides is 1. The van der Waals surface area contributed by atoms with Gasteiger partial charge in [0.05, 0.1) is 12.1 Å². The number of fused-ring (bicyclic) bond motifs is 2. The minimum Gasteiger partial charge on any atom is -0.350 e. The Kier molecular flexibility index (Phi) is 5.51. The predicted molar refractivity (Wildman–Crippen MR) is 124 cm³/mol. The van der Waals surface area contributed by atoms with Crippen LogP contribution >= 0.6 is 23.2 Å². The minimum atomic E-state index is -0.263. The Bertz CT molecular complexity index is 1420. The van der Waals surface area contributed by atoms with E-state index in [1.165, 1.54) is 0 Å². The molecule has 5 rings (SSSR count). The fourth-order valence-electron chi connectivity index (χ4n) is 3.64. The number of benzene rings is 2. The molecular weight excluding hydrogens is 447 g/mol. The average Bonchev–Trinajstić information content (AvgIpc) is 3.37. The van der Waals surface area contributed by atoms with Crippen molar-refractivity contribution in [3.05, 3.63) is 94.0 Å². The van der Waals surface area contributed by atoms with E-state index in [1.807, 2.05) is 59.1 Å².